The first-order chi connectivity index (χ1) is 17.6. The van der Waals surface area contributed by atoms with E-state index in [9.17, 15) is 22.4 Å². The highest BCUT2D eigenvalue weighted by molar-refractivity contribution is 7.15. The van der Waals surface area contributed by atoms with E-state index < -0.39 is 23.6 Å². The minimum Gasteiger partial charge on any atom is -0.335 e. The monoisotopic (exact) mass is 551 g/mol. The van der Waals surface area contributed by atoms with Crippen LogP contribution in [0, 0.1) is 5.82 Å². The van der Waals surface area contributed by atoms with Crippen molar-refractivity contribution in [2.24, 2.45) is 0 Å². The van der Waals surface area contributed by atoms with Gasteiger partial charge in [0.25, 0.3) is 5.91 Å². The van der Waals surface area contributed by atoms with Gasteiger partial charge in [-0.05, 0) is 42.3 Å². The Balaban J connectivity index is 1.36. The van der Waals surface area contributed by atoms with Crippen LogP contribution in [0.25, 0.3) is 16.2 Å². The Bertz CT molecular complexity index is 1460. The fraction of sp³-hybridized carbons (Fsp3) is 0.320. The van der Waals surface area contributed by atoms with Crippen molar-refractivity contribution in [2.45, 2.75) is 26.1 Å². The third kappa shape index (κ3) is 5.34. The molecule has 1 fully saturated rings. The number of piperazine rings is 1. The molecule has 1 aliphatic heterocycles. The highest BCUT2D eigenvalue weighted by atomic mass is 35.5. The number of rotatable bonds is 5. The van der Waals surface area contributed by atoms with Gasteiger partial charge < -0.3 is 4.90 Å². The van der Waals surface area contributed by atoms with E-state index in [0.29, 0.717) is 47.1 Å². The zero-order valence-corrected chi connectivity index (χ0v) is 21.3. The van der Waals surface area contributed by atoms with Crippen LogP contribution < -0.4 is 0 Å². The van der Waals surface area contributed by atoms with Gasteiger partial charge in [0.05, 0.1) is 10.6 Å². The number of aryl methyl sites for hydroxylation is 1. The van der Waals surface area contributed by atoms with Gasteiger partial charge in [0.15, 0.2) is 17.0 Å². The number of hydrogen-bond donors (Lipinski definition) is 0. The topological polar surface area (TPSA) is 53.7 Å². The molecule has 0 spiro atoms. The number of nitrogens with zero attached hydrogens (tertiary/aromatic N) is 5. The van der Waals surface area contributed by atoms with Crippen LogP contribution in [-0.2, 0) is 19.1 Å². The summed E-state index contributed by atoms with van der Waals surface area (Å²) < 4.78 is 55.7. The number of thiophene rings is 1. The third-order valence-corrected chi connectivity index (χ3v) is 7.87. The van der Waals surface area contributed by atoms with Gasteiger partial charge in [-0.25, -0.2) is 13.9 Å². The summed E-state index contributed by atoms with van der Waals surface area (Å²) in [6.45, 7) is 4.26. The fourth-order valence-corrected chi connectivity index (χ4v) is 5.41. The van der Waals surface area contributed by atoms with Crippen LogP contribution in [-0.4, -0.2) is 56.5 Å². The van der Waals surface area contributed by atoms with Gasteiger partial charge in [0.1, 0.15) is 5.82 Å². The maximum atomic E-state index is 13.9. The number of carbonyl (C=O) groups excluding carboxylic acids is 1. The summed E-state index contributed by atoms with van der Waals surface area (Å²) in [5, 5.41) is 4.33. The Morgan fingerprint density at radius 3 is 2.49 bits per heavy atom. The van der Waals surface area contributed by atoms with Gasteiger partial charge in [-0.2, -0.15) is 18.3 Å². The van der Waals surface area contributed by atoms with Crippen LogP contribution in [0.3, 0.4) is 0 Å². The number of carbonyl (C=O) groups is 1. The van der Waals surface area contributed by atoms with Gasteiger partial charge in [0, 0.05) is 48.7 Å². The molecule has 1 amide bonds. The molecule has 0 aliphatic carbocycles. The van der Waals surface area contributed by atoms with E-state index >= 15 is 0 Å². The van der Waals surface area contributed by atoms with Crippen LogP contribution in [0.15, 0.2) is 42.5 Å². The van der Waals surface area contributed by atoms with E-state index in [4.69, 9.17) is 11.6 Å². The average Bonchev–Trinajstić information content (AvgIpc) is 3.52. The molecule has 0 unspecified atom stereocenters. The summed E-state index contributed by atoms with van der Waals surface area (Å²) in [6, 6.07) is 10.1. The lowest BCUT2D eigenvalue weighted by atomic mass is 10.2. The molecule has 0 bridgehead atoms. The van der Waals surface area contributed by atoms with Crippen molar-refractivity contribution in [1.82, 2.24) is 24.4 Å². The van der Waals surface area contributed by atoms with Crippen molar-refractivity contribution in [3.63, 3.8) is 0 Å². The van der Waals surface area contributed by atoms with Gasteiger partial charge in [-0.3, -0.25) is 9.69 Å². The Kier molecular flexibility index (Phi) is 6.95. The second-order valence-corrected chi connectivity index (χ2v) is 10.3. The number of benzene rings is 1. The molecular weight excluding hydrogens is 530 g/mol. The molecule has 1 aromatic carbocycles. The fourth-order valence-electron chi connectivity index (χ4n) is 4.27. The predicted octanol–water partition coefficient (Wildman–Crippen LogP) is 5.79. The SMILES string of the molecule is CCc1ccc(-c2cc(C(F)(F)F)n3nc(C(=O)N4CCN(Cc5ccc(F)cc5Cl)CC4)cc3n2)s1. The summed E-state index contributed by atoms with van der Waals surface area (Å²) in [7, 11) is 0. The van der Waals surface area contributed by atoms with E-state index in [1.165, 1.54) is 29.5 Å². The lowest BCUT2D eigenvalue weighted by Gasteiger charge is -2.34. The van der Waals surface area contributed by atoms with Crippen LogP contribution in [0.2, 0.25) is 5.02 Å². The molecule has 0 saturated carbocycles. The van der Waals surface area contributed by atoms with Crippen molar-refractivity contribution >= 4 is 34.5 Å². The summed E-state index contributed by atoms with van der Waals surface area (Å²) in [5.41, 5.74) is -0.146. The van der Waals surface area contributed by atoms with Gasteiger partial charge >= 0.3 is 6.18 Å². The Labute approximate surface area is 219 Å². The number of amides is 1. The van der Waals surface area contributed by atoms with Gasteiger partial charge in [0.2, 0.25) is 0 Å². The van der Waals surface area contributed by atoms with Gasteiger partial charge in [-0.15, -0.1) is 11.3 Å². The smallest absolute Gasteiger partial charge is 0.335 e. The van der Waals surface area contributed by atoms with Crippen molar-refractivity contribution in [3.8, 4) is 10.6 Å². The van der Waals surface area contributed by atoms with Gasteiger partial charge in [-0.1, -0.05) is 24.6 Å². The van der Waals surface area contributed by atoms with E-state index in [0.717, 1.165) is 22.9 Å². The van der Waals surface area contributed by atoms with Crippen LogP contribution in [0.1, 0.15) is 33.5 Å². The van der Waals surface area contributed by atoms with Crippen LogP contribution in [0.5, 0.6) is 0 Å². The summed E-state index contributed by atoms with van der Waals surface area (Å²) >= 11 is 7.51. The number of fused-ring (bicyclic) bond motifs is 1. The molecule has 5 rings (SSSR count). The quantitative estimate of drug-likeness (QED) is 0.295. The van der Waals surface area contributed by atoms with Crippen LogP contribution in [0.4, 0.5) is 17.6 Å². The normalized spacial score (nSPS) is 15.0. The molecule has 0 atom stereocenters. The third-order valence-electron chi connectivity index (χ3n) is 6.27. The number of aromatic nitrogens is 3. The highest BCUT2D eigenvalue weighted by Crippen LogP contribution is 2.34. The second kappa shape index (κ2) is 10.0. The number of halogens is 5. The maximum absolute atomic E-state index is 13.9. The first-order valence-corrected chi connectivity index (χ1v) is 12.8. The summed E-state index contributed by atoms with van der Waals surface area (Å²) in [6.07, 6.45) is -3.91. The Morgan fingerprint density at radius 2 is 1.84 bits per heavy atom. The first-order valence-electron chi connectivity index (χ1n) is 11.6. The Morgan fingerprint density at radius 1 is 1.08 bits per heavy atom. The first kappa shape index (κ1) is 25.6. The van der Waals surface area contributed by atoms with E-state index in [2.05, 4.69) is 15.0 Å². The summed E-state index contributed by atoms with van der Waals surface area (Å²) in [5.74, 6) is -0.864. The number of alkyl halides is 3. The van der Waals surface area contributed by atoms with Crippen molar-refractivity contribution in [1.29, 1.82) is 0 Å². The molecule has 0 N–H and O–H groups in total. The molecule has 0 radical (unpaired) electrons. The molecule has 4 aromatic rings. The zero-order valence-electron chi connectivity index (χ0n) is 19.7. The largest absolute Gasteiger partial charge is 0.433 e. The highest BCUT2D eigenvalue weighted by Gasteiger charge is 2.36. The van der Waals surface area contributed by atoms with E-state index in [-0.39, 0.29) is 17.0 Å². The second-order valence-electron chi connectivity index (χ2n) is 8.75. The van der Waals surface area contributed by atoms with Crippen molar-refractivity contribution in [2.75, 3.05) is 26.2 Å². The average molecular weight is 552 g/mol. The minimum absolute atomic E-state index is 0.0378. The molecule has 4 heterocycles. The number of hydrogen-bond acceptors (Lipinski definition) is 5. The van der Waals surface area contributed by atoms with Crippen LogP contribution >= 0.6 is 22.9 Å². The molecule has 37 heavy (non-hydrogen) atoms. The minimum atomic E-state index is -4.68. The molecule has 12 heteroatoms. The molecule has 3 aromatic heterocycles. The predicted molar refractivity (Wildman–Crippen MR) is 133 cm³/mol. The summed E-state index contributed by atoms with van der Waals surface area (Å²) in [4.78, 5) is 22.8. The molecule has 6 nitrogen and oxygen atoms in total. The lowest BCUT2D eigenvalue weighted by molar-refractivity contribution is -0.142. The van der Waals surface area contributed by atoms with E-state index in [1.807, 2.05) is 13.0 Å². The Hall–Kier alpha value is -3.02. The van der Waals surface area contributed by atoms with E-state index in [1.54, 1.807) is 17.0 Å². The maximum Gasteiger partial charge on any atom is 0.433 e. The molecule has 1 aliphatic rings. The lowest BCUT2D eigenvalue weighted by Crippen LogP contribution is -2.48. The van der Waals surface area contributed by atoms with Crippen molar-refractivity contribution < 1.29 is 22.4 Å². The van der Waals surface area contributed by atoms with Crippen molar-refractivity contribution in [3.05, 3.63) is 75.1 Å². The zero-order chi connectivity index (χ0) is 26.3. The molecular formula is C25H22ClF4N5OS. The molecule has 1 saturated heterocycles. The molecule has 194 valence electrons. The standard InChI is InChI=1S/C25H22ClF4N5OS/c1-2-17-5-6-21(37-17)19-12-22(25(28,29)30)35-23(31-19)13-20(32-35)24(36)34-9-7-33(8-10-34)14-15-3-4-16(27)11-18(15)26/h3-6,11-13H,2,7-10,14H2,1H3.